The first-order valence-electron chi connectivity index (χ1n) is 8.43. The molecule has 2 fully saturated rings. The monoisotopic (exact) mass is 283 g/mol. The Hall–Kier alpha value is -0.160. The Morgan fingerprint density at radius 2 is 1.60 bits per heavy atom. The zero-order valence-corrected chi connectivity index (χ0v) is 13.4. The van der Waals surface area contributed by atoms with Crippen molar-refractivity contribution < 1.29 is 4.74 Å². The minimum Gasteiger partial charge on any atom is -0.378 e. The van der Waals surface area contributed by atoms with E-state index in [1.54, 1.807) is 0 Å². The molecule has 2 aliphatic heterocycles. The highest BCUT2D eigenvalue weighted by molar-refractivity contribution is 4.75. The van der Waals surface area contributed by atoms with Crippen molar-refractivity contribution in [3.8, 4) is 0 Å². The van der Waals surface area contributed by atoms with Crippen LogP contribution in [0.1, 0.15) is 39.5 Å². The van der Waals surface area contributed by atoms with Crippen LogP contribution in [0.15, 0.2) is 0 Å². The van der Waals surface area contributed by atoms with E-state index in [9.17, 15) is 0 Å². The topological polar surface area (TPSA) is 41.7 Å². The van der Waals surface area contributed by atoms with Gasteiger partial charge in [-0.25, -0.2) is 0 Å². The third kappa shape index (κ3) is 5.32. The largest absolute Gasteiger partial charge is 0.378 e. The maximum atomic E-state index is 6.15. The van der Waals surface area contributed by atoms with Gasteiger partial charge in [0, 0.05) is 32.9 Å². The van der Waals surface area contributed by atoms with Crippen LogP contribution in [0, 0.1) is 11.8 Å². The fraction of sp³-hybridized carbons (Fsp3) is 1.00. The van der Waals surface area contributed by atoms with Gasteiger partial charge in [-0.05, 0) is 50.6 Å². The fourth-order valence-electron chi connectivity index (χ4n) is 3.38. The van der Waals surface area contributed by atoms with Crippen LogP contribution in [0.2, 0.25) is 0 Å². The molecule has 0 saturated carbocycles. The molecular formula is C16H33N3O. The van der Waals surface area contributed by atoms with Gasteiger partial charge in [0.1, 0.15) is 0 Å². The molecule has 0 aliphatic carbocycles. The van der Waals surface area contributed by atoms with Crippen molar-refractivity contribution in [2.24, 2.45) is 17.6 Å². The van der Waals surface area contributed by atoms with Crippen molar-refractivity contribution in [1.82, 2.24) is 9.80 Å². The van der Waals surface area contributed by atoms with Crippen molar-refractivity contribution in [3.63, 3.8) is 0 Å². The fourth-order valence-corrected chi connectivity index (χ4v) is 3.38. The second kappa shape index (κ2) is 8.32. The summed E-state index contributed by atoms with van der Waals surface area (Å²) in [7, 11) is 0. The van der Waals surface area contributed by atoms with Crippen LogP contribution in [0.4, 0.5) is 0 Å². The van der Waals surface area contributed by atoms with E-state index in [2.05, 4.69) is 23.6 Å². The highest BCUT2D eigenvalue weighted by Gasteiger charge is 2.23. The van der Waals surface area contributed by atoms with Crippen molar-refractivity contribution in [1.29, 1.82) is 0 Å². The molecule has 4 heteroatoms. The van der Waals surface area contributed by atoms with Crippen molar-refractivity contribution in [3.05, 3.63) is 0 Å². The number of likely N-dealkylation sites (tertiary alicyclic amines) is 2. The van der Waals surface area contributed by atoms with E-state index in [1.807, 2.05) is 0 Å². The highest BCUT2D eigenvalue weighted by Crippen LogP contribution is 2.21. The van der Waals surface area contributed by atoms with Gasteiger partial charge in [0.2, 0.25) is 0 Å². The molecule has 2 heterocycles. The van der Waals surface area contributed by atoms with Gasteiger partial charge in [0.25, 0.3) is 0 Å². The molecule has 2 saturated heterocycles. The van der Waals surface area contributed by atoms with Crippen LogP contribution in [-0.4, -0.2) is 61.9 Å². The van der Waals surface area contributed by atoms with Gasteiger partial charge in [0.15, 0.2) is 0 Å². The lowest BCUT2D eigenvalue weighted by Gasteiger charge is -2.35. The van der Waals surface area contributed by atoms with Gasteiger partial charge >= 0.3 is 0 Å². The molecule has 0 radical (unpaired) electrons. The Kier molecular flexibility index (Phi) is 6.75. The molecule has 4 nitrogen and oxygen atoms in total. The van der Waals surface area contributed by atoms with E-state index in [4.69, 9.17) is 10.5 Å². The predicted octanol–water partition coefficient (Wildman–Crippen LogP) is 1.75. The zero-order valence-electron chi connectivity index (χ0n) is 13.4. The first-order chi connectivity index (χ1) is 9.67. The number of ether oxygens (including phenoxy) is 1. The number of nitrogens with two attached hydrogens (primary N) is 1. The number of nitrogens with zero attached hydrogens (tertiary/aromatic N) is 2. The lowest BCUT2D eigenvalue weighted by molar-refractivity contribution is -0.0193. The second-order valence-electron chi connectivity index (χ2n) is 6.97. The quantitative estimate of drug-likeness (QED) is 0.806. The summed E-state index contributed by atoms with van der Waals surface area (Å²) in [5.41, 5.74) is 5.67. The maximum Gasteiger partial charge on any atom is 0.0599 e. The van der Waals surface area contributed by atoms with Crippen LogP contribution < -0.4 is 5.73 Å². The molecule has 2 rings (SSSR count). The smallest absolute Gasteiger partial charge is 0.0599 e. The average Bonchev–Trinajstić information content (AvgIpc) is 2.46. The average molecular weight is 283 g/mol. The Morgan fingerprint density at radius 3 is 2.15 bits per heavy atom. The van der Waals surface area contributed by atoms with E-state index in [0.29, 0.717) is 12.8 Å². The van der Waals surface area contributed by atoms with Crippen LogP contribution >= 0.6 is 0 Å². The van der Waals surface area contributed by atoms with Crippen LogP contribution in [0.3, 0.4) is 0 Å². The van der Waals surface area contributed by atoms with Crippen molar-refractivity contribution in [2.75, 3.05) is 46.0 Å². The van der Waals surface area contributed by atoms with Crippen LogP contribution in [0.25, 0.3) is 0 Å². The molecular weight excluding hydrogens is 250 g/mol. The molecule has 0 bridgehead atoms. The number of hydrogen-bond acceptors (Lipinski definition) is 4. The van der Waals surface area contributed by atoms with Gasteiger partial charge < -0.3 is 15.4 Å². The minimum atomic E-state index is 0.478. The number of piperidine rings is 2. The molecule has 0 amide bonds. The van der Waals surface area contributed by atoms with E-state index >= 15 is 0 Å². The van der Waals surface area contributed by atoms with Gasteiger partial charge in [-0.15, -0.1) is 0 Å². The van der Waals surface area contributed by atoms with Gasteiger partial charge in [0.05, 0.1) is 6.10 Å². The lowest BCUT2D eigenvalue weighted by atomic mass is 9.97. The minimum absolute atomic E-state index is 0.478. The molecule has 0 spiro atoms. The Morgan fingerprint density at radius 1 is 1.00 bits per heavy atom. The molecule has 0 aromatic heterocycles. The van der Waals surface area contributed by atoms with Crippen molar-refractivity contribution in [2.45, 2.75) is 45.6 Å². The summed E-state index contributed by atoms with van der Waals surface area (Å²) in [4.78, 5) is 4.92. The first-order valence-corrected chi connectivity index (χ1v) is 8.43. The molecule has 0 aromatic carbocycles. The molecule has 0 atom stereocenters. The summed E-state index contributed by atoms with van der Waals surface area (Å²) in [6, 6.07) is 0. The summed E-state index contributed by atoms with van der Waals surface area (Å²) < 4.78 is 6.15. The van der Waals surface area contributed by atoms with Gasteiger partial charge in [-0.2, -0.15) is 0 Å². The van der Waals surface area contributed by atoms with Crippen LogP contribution in [-0.2, 0) is 4.74 Å². The zero-order chi connectivity index (χ0) is 14.4. The van der Waals surface area contributed by atoms with E-state index in [1.165, 1.54) is 32.5 Å². The molecule has 0 aromatic rings. The summed E-state index contributed by atoms with van der Waals surface area (Å²) in [6.45, 7) is 12.3. The molecule has 20 heavy (non-hydrogen) atoms. The summed E-state index contributed by atoms with van der Waals surface area (Å²) in [5, 5.41) is 0. The van der Waals surface area contributed by atoms with E-state index in [0.717, 1.165) is 44.4 Å². The summed E-state index contributed by atoms with van der Waals surface area (Å²) in [6.07, 6.45) is 5.42. The Bertz CT molecular complexity index is 256. The first kappa shape index (κ1) is 16.2. The van der Waals surface area contributed by atoms with Gasteiger partial charge in [-0.3, -0.25) is 4.90 Å². The third-order valence-corrected chi connectivity index (χ3v) is 4.69. The predicted molar refractivity (Wildman–Crippen MR) is 83.6 cm³/mol. The SMILES string of the molecule is CC(C)CN1CCC(COC2CCN(CN)CC2)CC1. The van der Waals surface area contributed by atoms with E-state index < -0.39 is 0 Å². The summed E-state index contributed by atoms with van der Waals surface area (Å²) >= 11 is 0. The Labute approximate surface area is 124 Å². The van der Waals surface area contributed by atoms with Crippen molar-refractivity contribution >= 4 is 0 Å². The Balaban J connectivity index is 1.57. The van der Waals surface area contributed by atoms with Crippen LogP contribution in [0.5, 0.6) is 0 Å². The lowest BCUT2D eigenvalue weighted by Crippen LogP contribution is -2.41. The highest BCUT2D eigenvalue weighted by atomic mass is 16.5. The van der Waals surface area contributed by atoms with E-state index in [-0.39, 0.29) is 0 Å². The normalized spacial score (nSPS) is 24.6. The molecule has 118 valence electrons. The maximum absolute atomic E-state index is 6.15. The molecule has 2 N–H and O–H groups in total. The third-order valence-electron chi connectivity index (χ3n) is 4.69. The van der Waals surface area contributed by atoms with Gasteiger partial charge in [-0.1, -0.05) is 13.8 Å². The number of hydrogen-bond donors (Lipinski definition) is 1. The molecule has 0 unspecified atom stereocenters. The summed E-state index contributed by atoms with van der Waals surface area (Å²) in [5.74, 6) is 1.57. The number of rotatable bonds is 6. The standard InChI is InChI=1S/C16H33N3O/c1-14(2)11-18-7-3-15(4-8-18)12-20-16-5-9-19(13-17)10-6-16/h14-16H,3-13,17H2,1-2H3. The second-order valence-corrected chi connectivity index (χ2v) is 6.97. The molecule has 2 aliphatic rings.